The Bertz CT molecular complexity index is 415. The van der Waals surface area contributed by atoms with Crippen molar-refractivity contribution in [2.75, 3.05) is 5.73 Å². The van der Waals surface area contributed by atoms with Crippen LogP contribution in [-0.4, -0.2) is 17.4 Å². The Morgan fingerprint density at radius 1 is 1.64 bits per heavy atom. The average molecular weight is 214 g/mol. The SMILES string of the molecule is Cc1cc(C(=O)O)c(N)c(Cl)c1C=O. The van der Waals surface area contributed by atoms with Gasteiger partial charge in [-0.15, -0.1) is 0 Å². The molecule has 1 aromatic rings. The molecule has 5 heteroatoms. The minimum atomic E-state index is -1.16. The molecule has 0 bridgehead atoms. The number of carboxylic acids is 1. The summed E-state index contributed by atoms with van der Waals surface area (Å²) in [6.45, 7) is 1.60. The first-order valence-electron chi connectivity index (χ1n) is 3.76. The zero-order valence-corrected chi connectivity index (χ0v) is 8.13. The molecule has 74 valence electrons. The predicted octanol–water partition coefficient (Wildman–Crippen LogP) is 1.74. The summed E-state index contributed by atoms with van der Waals surface area (Å²) < 4.78 is 0. The van der Waals surface area contributed by atoms with Crippen LogP contribution in [0.3, 0.4) is 0 Å². The minimum absolute atomic E-state index is 0.00241. The highest BCUT2D eigenvalue weighted by atomic mass is 35.5. The Labute approximate surface area is 85.3 Å². The number of benzene rings is 1. The Balaban J connectivity index is 3.55. The van der Waals surface area contributed by atoms with Gasteiger partial charge in [0.15, 0.2) is 6.29 Å². The van der Waals surface area contributed by atoms with Gasteiger partial charge in [-0.25, -0.2) is 4.79 Å². The van der Waals surface area contributed by atoms with E-state index in [0.717, 1.165) is 0 Å². The molecular weight excluding hydrogens is 206 g/mol. The first-order chi connectivity index (χ1) is 6.49. The highest BCUT2D eigenvalue weighted by Crippen LogP contribution is 2.28. The number of carbonyl (C=O) groups is 2. The van der Waals surface area contributed by atoms with E-state index in [1.54, 1.807) is 6.92 Å². The van der Waals surface area contributed by atoms with Crippen LogP contribution >= 0.6 is 11.6 Å². The van der Waals surface area contributed by atoms with Gasteiger partial charge >= 0.3 is 5.97 Å². The Morgan fingerprint density at radius 3 is 2.64 bits per heavy atom. The van der Waals surface area contributed by atoms with Gasteiger partial charge in [0.1, 0.15) is 0 Å². The largest absolute Gasteiger partial charge is 0.478 e. The van der Waals surface area contributed by atoms with Crippen LogP contribution in [0.1, 0.15) is 26.3 Å². The number of carboxylic acid groups (broad SMARTS) is 1. The summed E-state index contributed by atoms with van der Waals surface area (Å²) >= 11 is 5.73. The molecule has 0 radical (unpaired) electrons. The number of aldehydes is 1. The summed E-state index contributed by atoms with van der Waals surface area (Å²) in [7, 11) is 0. The van der Waals surface area contributed by atoms with Crippen molar-refractivity contribution < 1.29 is 14.7 Å². The van der Waals surface area contributed by atoms with Crippen LogP contribution in [0.5, 0.6) is 0 Å². The Morgan fingerprint density at radius 2 is 2.21 bits per heavy atom. The molecule has 3 N–H and O–H groups in total. The molecule has 0 aliphatic rings. The number of hydrogen-bond acceptors (Lipinski definition) is 3. The zero-order valence-electron chi connectivity index (χ0n) is 7.37. The summed E-state index contributed by atoms with van der Waals surface area (Å²) in [4.78, 5) is 21.3. The van der Waals surface area contributed by atoms with Crippen molar-refractivity contribution in [3.8, 4) is 0 Å². The van der Waals surface area contributed by atoms with E-state index in [9.17, 15) is 9.59 Å². The van der Waals surface area contributed by atoms with Crippen LogP contribution < -0.4 is 5.73 Å². The number of halogens is 1. The summed E-state index contributed by atoms with van der Waals surface area (Å²) in [6.07, 6.45) is 0.555. The van der Waals surface area contributed by atoms with Crippen LogP contribution in [0.4, 0.5) is 5.69 Å². The van der Waals surface area contributed by atoms with Crippen LogP contribution in [0.2, 0.25) is 5.02 Å². The molecule has 0 saturated heterocycles. The van der Waals surface area contributed by atoms with E-state index < -0.39 is 5.97 Å². The molecule has 0 heterocycles. The third-order valence-corrected chi connectivity index (χ3v) is 2.30. The summed E-state index contributed by atoms with van der Waals surface area (Å²) in [5, 5.41) is 8.75. The van der Waals surface area contributed by atoms with E-state index in [1.807, 2.05) is 0 Å². The van der Waals surface area contributed by atoms with Crippen molar-refractivity contribution in [1.82, 2.24) is 0 Å². The van der Waals surface area contributed by atoms with Gasteiger partial charge in [-0.2, -0.15) is 0 Å². The number of nitrogen functional groups attached to an aromatic ring is 1. The topological polar surface area (TPSA) is 80.4 Å². The standard InChI is InChI=1S/C9H8ClNO3/c1-4-2-5(9(13)14)8(11)7(10)6(4)3-12/h2-3H,11H2,1H3,(H,13,14). The molecule has 0 aliphatic heterocycles. The normalized spacial score (nSPS) is 9.86. The van der Waals surface area contributed by atoms with Gasteiger partial charge in [0.05, 0.1) is 16.3 Å². The van der Waals surface area contributed by atoms with Crippen molar-refractivity contribution >= 4 is 29.5 Å². The van der Waals surface area contributed by atoms with Crippen LogP contribution in [0, 0.1) is 6.92 Å². The molecule has 0 spiro atoms. The third kappa shape index (κ3) is 1.56. The third-order valence-electron chi connectivity index (χ3n) is 1.90. The fourth-order valence-corrected chi connectivity index (χ4v) is 1.43. The second-order valence-electron chi connectivity index (χ2n) is 2.81. The van der Waals surface area contributed by atoms with Crippen molar-refractivity contribution in [2.45, 2.75) is 6.92 Å². The monoisotopic (exact) mass is 213 g/mol. The molecule has 0 fully saturated rings. The zero-order chi connectivity index (χ0) is 10.9. The van der Waals surface area contributed by atoms with E-state index in [-0.39, 0.29) is 21.8 Å². The Kier molecular flexibility index (Phi) is 2.76. The minimum Gasteiger partial charge on any atom is -0.478 e. The molecule has 0 saturated carbocycles. The lowest BCUT2D eigenvalue weighted by atomic mass is 10.0. The fourth-order valence-electron chi connectivity index (χ4n) is 1.13. The number of rotatable bonds is 2. The fraction of sp³-hybridized carbons (Fsp3) is 0.111. The van der Waals surface area contributed by atoms with Crippen LogP contribution in [-0.2, 0) is 0 Å². The second-order valence-corrected chi connectivity index (χ2v) is 3.18. The maximum absolute atomic E-state index is 10.7. The van der Waals surface area contributed by atoms with Gasteiger partial charge in [-0.3, -0.25) is 4.79 Å². The van der Waals surface area contributed by atoms with E-state index in [4.69, 9.17) is 22.4 Å². The van der Waals surface area contributed by atoms with E-state index >= 15 is 0 Å². The highest BCUT2D eigenvalue weighted by Gasteiger charge is 2.16. The number of aryl methyl sites for hydroxylation is 1. The van der Waals surface area contributed by atoms with E-state index in [0.29, 0.717) is 11.8 Å². The number of nitrogens with two attached hydrogens (primary N) is 1. The van der Waals surface area contributed by atoms with Crippen molar-refractivity contribution in [3.63, 3.8) is 0 Å². The van der Waals surface area contributed by atoms with Crippen molar-refractivity contribution in [3.05, 3.63) is 27.8 Å². The Hall–Kier alpha value is -1.55. The van der Waals surface area contributed by atoms with E-state index in [2.05, 4.69) is 0 Å². The number of anilines is 1. The second kappa shape index (κ2) is 3.67. The molecule has 4 nitrogen and oxygen atoms in total. The molecule has 0 atom stereocenters. The molecule has 0 amide bonds. The van der Waals surface area contributed by atoms with Gasteiger partial charge in [0, 0.05) is 5.56 Å². The first kappa shape index (κ1) is 10.5. The van der Waals surface area contributed by atoms with Crippen molar-refractivity contribution in [1.29, 1.82) is 0 Å². The predicted molar refractivity (Wildman–Crippen MR) is 52.9 cm³/mol. The lowest BCUT2D eigenvalue weighted by molar-refractivity contribution is 0.0697. The van der Waals surface area contributed by atoms with Crippen LogP contribution in [0.15, 0.2) is 6.07 Å². The summed E-state index contributed by atoms with van der Waals surface area (Å²) in [5.74, 6) is -1.16. The van der Waals surface area contributed by atoms with Crippen molar-refractivity contribution in [2.24, 2.45) is 0 Å². The average Bonchev–Trinajstić information content (AvgIpc) is 2.12. The molecular formula is C9H8ClNO3. The lowest BCUT2D eigenvalue weighted by Gasteiger charge is -2.08. The summed E-state index contributed by atoms with van der Waals surface area (Å²) in [5.41, 5.74) is 6.02. The summed E-state index contributed by atoms with van der Waals surface area (Å²) in [6, 6.07) is 1.33. The first-order valence-corrected chi connectivity index (χ1v) is 4.14. The molecule has 1 aromatic carbocycles. The van der Waals surface area contributed by atoms with Gasteiger partial charge in [-0.1, -0.05) is 11.6 Å². The number of carbonyl (C=O) groups excluding carboxylic acids is 1. The smallest absolute Gasteiger partial charge is 0.337 e. The quantitative estimate of drug-likeness (QED) is 0.579. The van der Waals surface area contributed by atoms with Gasteiger partial charge in [-0.05, 0) is 18.6 Å². The highest BCUT2D eigenvalue weighted by molar-refractivity contribution is 6.36. The number of hydrogen-bond donors (Lipinski definition) is 2. The molecule has 1 rings (SSSR count). The van der Waals surface area contributed by atoms with E-state index in [1.165, 1.54) is 6.07 Å². The molecule has 0 unspecified atom stereocenters. The number of aromatic carboxylic acids is 1. The van der Waals surface area contributed by atoms with Gasteiger partial charge < -0.3 is 10.8 Å². The van der Waals surface area contributed by atoms with Gasteiger partial charge in [0.25, 0.3) is 0 Å². The van der Waals surface area contributed by atoms with Gasteiger partial charge in [0.2, 0.25) is 0 Å². The lowest BCUT2D eigenvalue weighted by Crippen LogP contribution is -2.06. The molecule has 14 heavy (non-hydrogen) atoms. The molecule has 0 aliphatic carbocycles. The maximum atomic E-state index is 10.7. The molecule has 0 aromatic heterocycles. The van der Waals surface area contributed by atoms with Crippen LogP contribution in [0.25, 0.3) is 0 Å². The maximum Gasteiger partial charge on any atom is 0.337 e.